The molecule has 0 bridgehead atoms. The molecule has 0 N–H and O–H groups in total. The molecule has 0 aliphatic heterocycles. The van der Waals surface area contributed by atoms with Crippen LogP contribution >= 0.6 is 0 Å². The summed E-state index contributed by atoms with van der Waals surface area (Å²) in [5.74, 6) is 0. The van der Waals surface area contributed by atoms with Gasteiger partial charge in [-0.05, 0) is 17.7 Å². The number of rotatable bonds is 1. The number of nitriles is 1. The highest BCUT2D eigenvalue weighted by Gasteiger charge is 2.33. The maximum atomic E-state index is 12.9. The zero-order valence-electron chi connectivity index (χ0n) is 9.20. The van der Waals surface area contributed by atoms with Gasteiger partial charge in [0.2, 0.25) is 0 Å². The largest absolute Gasteiger partial charge is 0.417 e. The van der Waals surface area contributed by atoms with E-state index in [9.17, 15) is 13.2 Å². The van der Waals surface area contributed by atoms with Crippen LogP contribution in [-0.2, 0) is 6.18 Å². The average molecular weight is 247 g/mol. The van der Waals surface area contributed by atoms with Gasteiger partial charge in [0, 0.05) is 5.56 Å². The molecule has 0 amide bonds. The zero-order chi connectivity index (χ0) is 13.2. The lowest BCUT2D eigenvalue weighted by Crippen LogP contribution is -2.07. The maximum Gasteiger partial charge on any atom is 0.417 e. The third kappa shape index (κ3) is 2.21. The minimum absolute atomic E-state index is 0.0298. The van der Waals surface area contributed by atoms with Gasteiger partial charge < -0.3 is 0 Å². The van der Waals surface area contributed by atoms with Crippen molar-refractivity contribution < 1.29 is 13.2 Å². The van der Waals surface area contributed by atoms with E-state index in [1.165, 1.54) is 30.3 Å². The van der Waals surface area contributed by atoms with Crippen LogP contribution in [0.15, 0.2) is 48.5 Å². The summed E-state index contributed by atoms with van der Waals surface area (Å²) in [5, 5.41) is 8.94. The number of nitrogens with zero attached hydrogens (tertiary/aromatic N) is 1. The molecule has 0 aliphatic rings. The highest BCUT2D eigenvalue weighted by molar-refractivity contribution is 5.73. The Morgan fingerprint density at radius 3 is 2.00 bits per heavy atom. The highest BCUT2D eigenvalue weighted by atomic mass is 19.4. The van der Waals surface area contributed by atoms with Crippen molar-refractivity contribution >= 4 is 0 Å². The normalized spacial score (nSPS) is 11.0. The molecule has 0 aromatic heterocycles. The van der Waals surface area contributed by atoms with Gasteiger partial charge in [0.1, 0.15) is 0 Å². The van der Waals surface area contributed by atoms with Crippen molar-refractivity contribution in [2.24, 2.45) is 0 Å². The smallest absolute Gasteiger partial charge is 0.192 e. The van der Waals surface area contributed by atoms with Gasteiger partial charge in [-0.25, -0.2) is 0 Å². The van der Waals surface area contributed by atoms with Crippen molar-refractivity contribution in [2.75, 3.05) is 0 Å². The second-order valence-corrected chi connectivity index (χ2v) is 3.70. The SMILES string of the molecule is N#Cc1ccccc1-c1ccccc1C(F)(F)F. The summed E-state index contributed by atoms with van der Waals surface area (Å²) < 4.78 is 38.7. The van der Waals surface area contributed by atoms with E-state index in [1.54, 1.807) is 12.1 Å². The molecule has 2 rings (SSSR count). The van der Waals surface area contributed by atoms with E-state index in [1.807, 2.05) is 6.07 Å². The molecule has 0 radical (unpaired) electrons. The monoisotopic (exact) mass is 247 g/mol. The van der Waals surface area contributed by atoms with E-state index in [4.69, 9.17) is 5.26 Å². The van der Waals surface area contributed by atoms with Crippen LogP contribution in [0.1, 0.15) is 11.1 Å². The molecule has 0 heterocycles. The lowest BCUT2D eigenvalue weighted by atomic mass is 9.96. The maximum absolute atomic E-state index is 12.9. The van der Waals surface area contributed by atoms with Crippen molar-refractivity contribution in [2.45, 2.75) is 6.18 Å². The van der Waals surface area contributed by atoms with Crippen molar-refractivity contribution in [1.29, 1.82) is 5.26 Å². The fraction of sp³-hybridized carbons (Fsp3) is 0.0714. The molecule has 1 nitrogen and oxygen atoms in total. The first kappa shape index (κ1) is 12.2. The number of benzene rings is 2. The van der Waals surface area contributed by atoms with Crippen molar-refractivity contribution in [3.63, 3.8) is 0 Å². The van der Waals surface area contributed by atoms with Gasteiger partial charge in [-0.2, -0.15) is 18.4 Å². The Labute approximate surface area is 102 Å². The van der Waals surface area contributed by atoms with Crippen LogP contribution in [0.4, 0.5) is 13.2 Å². The average Bonchev–Trinajstić information content (AvgIpc) is 2.37. The molecule has 0 unspecified atom stereocenters. The molecule has 2 aromatic rings. The van der Waals surface area contributed by atoms with E-state index in [-0.39, 0.29) is 11.1 Å². The summed E-state index contributed by atoms with van der Waals surface area (Å²) >= 11 is 0. The Morgan fingerprint density at radius 1 is 0.833 bits per heavy atom. The van der Waals surface area contributed by atoms with Crippen LogP contribution in [0, 0.1) is 11.3 Å². The van der Waals surface area contributed by atoms with Crippen LogP contribution in [0.3, 0.4) is 0 Å². The predicted octanol–water partition coefficient (Wildman–Crippen LogP) is 4.24. The Balaban J connectivity index is 2.69. The molecule has 2 aromatic carbocycles. The third-order valence-electron chi connectivity index (χ3n) is 2.57. The number of halogens is 3. The molecule has 90 valence electrons. The van der Waals surface area contributed by atoms with Gasteiger partial charge in [0.15, 0.2) is 0 Å². The van der Waals surface area contributed by atoms with Crippen molar-refractivity contribution in [1.82, 2.24) is 0 Å². The molecule has 4 heteroatoms. The van der Waals surface area contributed by atoms with Gasteiger partial charge in [-0.1, -0.05) is 36.4 Å². The van der Waals surface area contributed by atoms with Gasteiger partial charge in [-0.3, -0.25) is 0 Å². The summed E-state index contributed by atoms with van der Waals surface area (Å²) in [4.78, 5) is 0. The van der Waals surface area contributed by atoms with Crippen LogP contribution in [0.25, 0.3) is 11.1 Å². The molecule has 0 aliphatic carbocycles. The van der Waals surface area contributed by atoms with E-state index in [2.05, 4.69) is 0 Å². The van der Waals surface area contributed by atoms with E-state index in [0.717, 1.165) is 6.07 Å². The van der Waals surface area contributed by atoms with Crippen LogP contribution in [0.5, 0.6) is 0 Å². The van der Waals surface area contributed by atoms with Crippen molar-refractivity contribution in [3.05, 3.63) is 59.7 Å². The molecular weight excluding hydrogens is 239 g/mol. The summed E-state index contributed by atoms with van der Waals surface area (Å²) in [7, 11) is 0. The minimum atomic E-state index is -4.43. The van der Waals surface area contributed by atoms with Gasteiger partial charge in [0.25, 0.3) is 0 Å². The predicted molar refractivity (Wildman–Crippen MR) is 61.6 cm³/mol. The van der Waals surface area contributed by atoms with Crippen molar-refractivity contribution in [3.8, 4) is 17.2 Å². The Hall–Kier alpha value is -2.28. The van der Waals surface area contributed by atoms with E-state index < -0.39 is 11.7 Å². The molecule has 18 heavy (non-hydrogen) atoms. The lowest BCUT2D eigenvalue weighted by Gasteiger charge is -2.13. The summed E-state index contributed by atoms with van der Waals surface area (Å²) in [5.41, 5.74) is -0.169. The third-order valence-corrected chi connectivity index (χ3v) is 2.57. The summed E-state index contributed by atoms with van der Waals surface area (Å²) in [6.07, 6.45) is -4.43. The van der Waals surface area contributed by atoms with Gasteiger partial charge in [0.05, 0.1) is 17.2 Å². The summed E-state index contributed by atoms with van der Waals surface area (Å²) in [6, 6.07) is 13.4. The zero-order valence-corrected chi connectivity index (χ0v) is 9.20. The molecular formula is C14H8F3N. The topological polar surface area (TPSA) is 23.8 Å². The van der Waals surface area contributed by atoms with E-state index in [0.29, 0.717) is 5.56 Å². The van der Waals surface area contributed by atoms with Crippen LogP contribution in [-0.4, -0.2) is 0 Å². The Kier molecular flexibility index (Phi) is 3.07. The van der Waals surface area contributed by atoms with E-state index >= 15 is 0 Å². The lowest BCUT2D eigenvalue weighted by molar-refractivity contribution is -0.137. The standard InChI is InChI=1S/C14H8F3N/c15-14(16,17)13-8-4-3-7-12(13)11-6-2-1-5-10(11)9-18/h1-8H. The van der Waals surface area contributed by atoms with Gasteiger partial charge in [-0.15, -0.1) is 0 Å². The first-order valence-corrected chi connectivity index (χ1v) is 5.20. The fourth-order valence-corrected chi connectivity index (χ4v) is 1.78. The molecule has 0 saturated heterocycles. The number of alkyl halides is 3. The second-order valence-electron chi connectivity index (χ2n) is 3.70. The highest BCUT2D eigenvalue weighted by Crippen LogP contribution is 2.37. The van der Waals surface area contributed by atoms with Crippen LogP contribution in [0.2, 0.25) is 0 Å². The Morgan fingerprint density at radius 2 is 1.39 bits per heavy atom. The van der Waals surface area contributed by atoms with Gasteiger partial charge >= 0.3 is 6.18 Å². The first-order valence-electron chi connectivity index (χ1n) is 5.20. The molecule has 0 saturated carbocycles. The second kappa shape index (κ2) is 4.53. The molecule has 0 fully saturated rings. The molecule has 0 atom stereocenters. The number of hydrogen-bond donors (Lipinski definition) is 0. The van der Waals surface area contributed by atoms with Crippen LogP contribution < -0.4 is 0 Å². The first-order chi connectivity index (χ1) is 8.54. The summed E-state index contributed by atoms with van der Waals surface area (Å²) in [6.45, 7) is 0. The minimum Gasteiger partial charge on any atom is -0.192 e. The molecule has 0 spiro atoms. The number of hydrogen-bond acceptors (Lipinski definition) is 1. The Bertz CT molecular complexity index is 609. The fourth-order valence-electron chi connectivity index (χ4n) is 1.78. The quantitative estimate of drug-likeness (QED) is 0.739.